The molecular weight excluding hydrogens is 389 g/mol. The van der Waals surface area contributed by atoms with Crippen LogP contribution < -0.4 is 5.73 Å². The number of pyridine rings is 1. The van der Waals surface area contributed by atoms with Gasteiger partial charge in [0, 0.05) is 12.5 Å². The Hall–Kier alpha value is -2.68. The van der Waals surface area contributed by atoms with Crippen LogP contribution in [0.5, 0.6) is 0 Å². The summed E-state index contributed by atoms with van der Waals surface area (Å²) in [5.41, 5.74) is 2.91. The number of allylic oxidation sites excluding steroid dienone is 3. The van der Waals surface area contributed by atoms with Gasteiger partial charge in [0.1, 0.15) is 17.8 Å². The van der Waals surface area contributed by atoms with Gasteiger partial charge in [0.15, 0.2) is 33.9 Å². The van der Waals surface area contributed by atoms with E-state index >= 15 is 0 Å². The van der Waals surface area contributed by atoms with Gasteiger partial charge >= 0.3 is 0 Å². The van der Waals surface area contributed by atoms with Gasteiger partial charge in [-0.2, -0.15) is 0 Å². The number of rotatable bonds is 5. The zero-order valence-electron chi connectivity index (χ0n) is 14.2. The van der Waals surface area contributed by atoms with E-state index in [0.717, 1.165) is 13.3 Å². The standard InChI is InChI=1S/C17H14ClF3N2O4/c1-25-7-3-8(26-2)14(21)17(4-7,6-19)15(24)13-12(22)10-9(27-13)5-23-16(18)11(10)20/h3,5H,4,6,22H2,1-2H3. The summed E-state index contributed by atoms with van der Waals surface area (Å²) in [5, 5.41) is -0.772. The second-order valence-electron chi connectivity index (χ2n) is 5.87. The summed E-state index contributed by atoms with van der Waals surface area (Å²) < 4.78 is 58.4. The van der Waals surface area contributed by atoms with Crippen molar-refractivity contribution in [2.45, 2.75) is 6.42 Å². The third-order valence-electron chi connectivity index (χ3n) is 4.42. The second kappa shape index (κ2) is 6.80. The van der Waals surface area contributed by atoms with Crippen LogP contribution in [0.2, 0.25) is 5.15 Å². The summed E-state index contributed by atoms with van der Waals surface area (Å²) in [6.45, 7) is -1.43. The van der Waals surface area contributed by atoms with Crippen molar-refractivity contribution in [3.63, 3.8) is 0 Å². The molecule has 1 atom stereocenters. The van der Waals surface area contributed by atoms with Crippen LogP contribution in [0.4, 0.5) is 18.9 Å². The highest BCUT2D eigenvalue weighted by Crippen LogP contribution is 2.47. The van der Waals surface area contributed by atoms with E-state index in [1.54, 1.807) is 0 Å². The highest BCUT2D eigenvalue weighted by molar-refractivity contribution is 6.30. The monoisotopic (exact) mass is 402 g/mol. The lowest BCUT2D eigenvalue weighted by atomic mass is 9.75. The number of nitrogen functional groups attached to an aromatic ring is 1. The Bertz CT molecular complexity index is 1000. The lowest BCUT2D eigenvalue weighted by molar-refractivity contribution is 0.0668. The summed E-state index contributed by atoms with van der Waals surface area (Å²) in [6.07, 6.45) is 1.83. The van der Waals surface area contributed by atoms with Crippen LogP contribution in [0.25, 0.3) is 11.0 Å². The molecule has 1 aliphatic carbocycles. The summed E-state index contributed by atoms with van der Waals surface area (Å²) >= 11 is 5.61. The molecule has 0 saturated heterocycles. The molecule has 0 amide bonds. The van der Waals surface area contributed by atoms with Gasteiger partial charge in [-0.15, -0.1) is 0 Å². The van der Waals surface area contributed by atoms with E-state index in [1.807, 2.05) is 0 Å². The maximum absolute atomic E-state index is 14.9. The van der Waals surface area contributed by atoms with Crippen molar-refractivity contribution in [2.75, 3.05) is 26.6 Å². The molecular formula is C17H14ClF3N2O4. The number of hydrogen-bond donors (Lipinski definition) is 1. The number of methoxy groups -OCH3 is 2. The van der Waals surface area contributed by atoms with Crippen molar-refractivity contribution in [3.05, 3.63) is 46.3 Å². The van der Waals surface area contributed by atoms with E-state index in [1.165, 1.54) is 13.2 Å². The quantitative estimate of drug-likeness (QED) is 0.598. The fraction of sp³-hybridized carbons (Fsp3) is 0.294. The van der Waals surface area contributed by atoms with E-state index in [9.17, 15) is 18.0 Å². The molecule has 0 fully saturated rings. The first-order valence-electron chi connectivity index (χ1n) is 7.62. The number of ether oxygens (including phenoxy) is 2. The summed E-state index contributed by atoms with van der Waals surface area (Å²) in [7, 11) is 2.45. The van der Waals surface area contributed by atoms with Crippen molar-refractivity contribution < 1.29 is 31.9 Å². The number of carbonyl (C=O) groups excluding carboxylic acids is 1. The van der Waals surface area contributed by atoms with Crippen LogP contribution in [0.1, 0.15) is 17.0 Å². The molecule has 0 radical (unpaired) electrons. The van der Waals surface area contributed by atoms with E-state index in [2.05, 4.69) is 4.98 Å². The van der Waals surface area contributed by atoms with Crippen LogP contribution in [-0.4, -0.2) is 31.7 Å². The fourth-order valence-electron chi connectivity index (χ4n) is 2.94. The first kappa shape index (κ1) is 19.1. The van der Waals surface area contributed by atoms with Gasteiger partial charge in [0.2, 0.25) is 5.78 Å². The Balaban J connectivity index is 2.21. The lowest BCUT2D eigenvalue weighted by Crippen LogP contribution is -2.38. The maximum Gasteiger partial charge on any atom is 0.216 e. The molecule has 2 N–H and O–H groups in total. The van der Waals surface area contributed by atoms with Crippen molar-refractivity contribution in [2.24, 2.45) is 5.41 Å². The molecule has 1 unspecified atom stereocenters. The predicted octanol–water partition coefficient (Wildman–Crippen LogP) is 4.10. The Kier molecular flexibility index (Phi) is 4.81. The lowest BCUT2D eigenvalue weighted by Gasteiger charge is -2.31. The molecule has 0 aliphatic heterocycles. The van der Waals surface area contributed by atoms with E-state index in [0.29, 0.717) is 0 Å². The Morgan fingerprint density at radius 1 is 1.41 bits per heavy atom. The first-order valence-corrected chi connectivity index (χ1v) is 8.00. The van der Waals surface area contributed by atoms with E-state index in [4.69, 9.17) is 31.2 Å². The molecule has 0 bridgehead atoms. The van der Waals surface area contributed by atoms with Crippen LogP contribution in [0, 0.1) is 11.2 Å². The minimum Gasteiger partial charge on any atom is -0.501 e. The maximum atomic E-state index is 14.9. The van der Waals surface area contributed by atoms with Gasteiger partial charge < -0.3 is 19.6 Å². The van der Waals surface area contributed by atoms with Crippen LogP contribution in [0.3, 0.4) is 0 Å². The zero-order valence-corrected chi connectivity index (χ0v) is 15.0. The van der Waals surface area contributed by atoms with Crippen LogP contribution in [0.15, 0.2) is 34.0 Å². The SMILES string of the molecule is COC1=CC(OC)=C(F)C(CF)(C(=O)c2oc3cnc(Cl)c(F)c3c2N)C1. The Labute approximate surface area is 156 Å². The van der Waals surface area contributed by atoms with Gasteiger partial charge in [0.25, 0.3) is 0 Å². The molecule has 6 nitrogen and oxygen atoms in total. The molecule has 3 rings (SSSR count). The number of halogens is 4. The number of aromatic nitrogens is 1. The average molecular weight is 403 g/mol. The number of nitrogens with two attached hydrogens (primary N) is 1. The molecule has 1 aliphatic rings. The molecule has 0 saturated carbocycles. The normalized spacial score (nSPS) is 20.0. The van der Waals surface area contributed by atoms with Gasteiger partial charge in [-0.05, 0) is 0 Å². The number of Topliss-reactive ketones (excluding diaryl/α,β-unsaturated/α-hetero) is 1. The van der Waals surface area contributed by atoms with Crippen molar-refractivity contribution in [1.29, 1.82) is 0 Å². The third-order valence-corrected chi connectivity index (χ3v) is 4.69. The first-order chi connectivity index (χ1) is 12.8. The summed E-state index contributed by atoms with van der Waals surface area (Å²) in [4.78, 5) is 16.6. The molecule has 2 heterocycles. The Morgan fingerprint density at radius 2 is 2.11 bits per heavy atom. The topological polar surface area (TPSA) is 87.6 Å². The van der Waals surface area contributed by atoms with Crippen LogP contribution >= 0.6 is 11.6 Å². The number of anilines is 1. The largest absolute Gasteiger partial charge is 0.501 e. The van der Waals surface area contributed by atoms with Gasteiger partial charge in [-0.1, -0.05) is 11.6 Å². The molecule has 144 valence electrons. The van der Waals surface area contributed by atoms with Gasteiger partial charge in [0.05, 0.1) is 31.5 Å². The molecule has 0 spiro atoms. The summed E-state index contributed by atoms with van der Waals surface area (Å²) in [5.74, 6) is -4.12. The smallest absolute Gasteiger partial charge is 0.216 e. The number of alkyl halides is 1. The Morgan fingerprint density at radius 3 is 2.70 bits per heavy atom. The second-order valence-corrected chi connectivity index (χ2v) is 6.22. The van der Waals surface area contributed by atoms with Crippen LogP contribution in [-0.2, 0) is 9.47 Å². The minimum atomic E-state index is -2.32. The molecule has 2 aromatic rings. The molecule has 10 heteroatoms. The minimum absolute atomic E-state index is 0.116. The van der Waals surface area contributed by atoms with Gasteiger partial charge in [-0.25, -0.2) is 18.2 Å². The number of ketones is 1. The van der Waals surface area contributed by atoms with E-state index in [-0.39, 0.29) is 22.5 Å². The number of nitrogens with zero attached hydrogens (tertiary/aromatic N) is 1. The predicted molar refractivity (Wildman–Crippen MR) is 91.0 cm³/mol. The summed E-state index contributed by atoms with van der Waals surface area (Å²) in [6, 6.07) is 0. The number of carbonyl (C=O) groups is 1. The fourth-order valence-corrected chi connectivity index (χ4v) is 3.08. The highest BCUT2D eigenvalue weighted by Gasteiger charge is 2.51. The van der Waals surface area contributed by atoms with Crippen molar-refractivity contribution in [3.8, 4) is 0 Å². The number of hydrogen-bond acceptors (Lipinski definition) is 6. The molecule has 27 heavy (non-hydrogen) atoms. The highest BCUT2D eigenvalue weighted by atomic mass is 35.5. The number of fused-ring (bicyclic) bond motifs is 1. The molecule has 0 aromatic carbocycles. The third kappa shape index (κ3) is 2.73. The average Bonchev–Trinajstić information content (AvgIpc) is 3.01. The van der Waals surface area contributed by atoms with Crippen molar-refractivity contribution in [1.82, 2.24) is 4.98 Å². The van der Waals surface area contributed by atoms with E-state index < -0.39 is 52.5 Å². The zero-order chi connectivity index (χ0) is 19.9. The van der Waals surface area contributed by atoms with Crippen molar-refractivity contribution >= 4 is 34.0 Å². The molecule has 2 aromatic heterocycles. The van der Waals surface area contributed by atoms with Gasteiger partial charge in [-0.3, -0.25) is 4.79 Å². The number of furan rings is 1.